The van der Waals surface area contributed by atoms with Crippen molar-refractivity contribution in [3.05, 3.63) is 0 Å². The van der Waals surface area contributed by atoms with Crippen LogP contribution in [0.5, 0.6) is 0 Å². The van der Waals surface area contributed by atoms with Gasteiger partial charge >= 0.3 is 6.18 Å². The fourth-order valence-corrected chi connectivity index (χ4v) is 1.45. The first-order chi connectivity index (χ1) is 6.31. The van der Waals surface area contributed by atoms with Gasteiger partial charge in [-0.05, 0) is 20.8 Å². The van der Waals surface area contributed by atoms with Crippen LogP contribution in [-0.2, 0) is 14.9 Å². The average Bonchev–Trinajstić information content (AvgIpc) is 1.75. The van der Waals surface area contributed by atoms with E-state index in [2.05, 4.69) is 4.74 Å². The number of hydrogen-bond donors (Lipinski definition) is 1. The van der Waals surface area contributed by atoms with Gasteiger partial charge in [-0.2, -0.15) is 21.6 Å². The number of alkyl halides is 3. The molecule has 0 bridgehead atoms. The highest BCUT2D eigenvalue weighted by molar-refractivity contribution is 7.85. The Labute approximate surface area is 86.2 Å². The summed E-state index contributed by atoms with van der Waals surface area (Å²) in [5.41, 5.74) is -1.15. The molecule has 0 amide bonds. The lowest BCUT2D eigenvalue weighted by Gasteiger charge is -2.28. The van der Waals surface area contributed by atoms with Crippen molar-refractivity contribution in [2.75, 3.05) is 5.75 Å². The summed E-state index contributed by atoms with van der Waals surface area (Å²) in [6.45, 7) is 4.07. The van der Waals surface area contributed by atoms with Crippen LogP contribution in [0.15, 0.2) is 0 Å². The molecular formula is C7H13F3O4S. The first-order valence-electron chi connectivity index (χ1n) is 4.01. The van der Waals surface area contributed by atoms with Gasteiger partial charge in [-0.1, -0.05) is 0 Å². The molecule has 0 aliphatic heterocycles. The molecule has 0 heterocycles. The highest BCUT2D eigenvalue weighted by atomic mass is 32.2. The van der Waals surface area contributed by atoms with Crippen molar-refractivity contribution in [2.45, 2.75) is 38.7 Å². The maximum Gasteiger partial charge on any atom is 0.415 e. The third-order valence-corrected chi connectivity index (χ3v) is 1.95. The third-order valence-electron chi connectivity index (χ3n) is 1.22. The van der Waals surface area contributed by atoms with Crippen molar-refractivity contribution in [1.29, 1.82) is 0 Å². The average molecular weight is 250 g/mol. The van der Waals surface area contributed by atoms with Gasteiger partial charge in [0, 0.05) is 0 Å². The van der Waals surface area contributed by atoms with Gasteiger partial charge in [-0.25, -0.2) is 0 Å². The first-order valence-corrected chi connectivity index (χ1v) is 5.62. The molecule has 1 N–H and O–H groups in total. The van der Waals surface area contributed by atoms with E-state index in [-0.39, 0.29) is 0 Å². The fraction of sp³-hybridized carbons (Fsp3) is 1.00. The van der Waals surface area contributed by atoms with Crippen molar-refractivity contribution >= 4 is 10.1 Å². The molecule has 0 aromatic heterocycles. The molecule has 92 valence electrons. The van der Waals surface area contributed by atoms with Crippen LogP contribution in [0.25, 0.3) is 0 Å². The first kappa shape index (κ1) is 14.7. The molecule has 1 unspecified atom stereocenters. The predicted molar refractivity (Wildman–Crippen MR) is 47.1 cm³/mol. The van der Waals surface area contributed by atoms with Crippen molar-refractivity contribution in [3.63, 3.8) is 0 Å². The second-order valence-corrected chi connectivity index (χ2v) is 5.51. The monoisotopic (exact) mass is 250 g/mol. The minimum absolute atomic E-state index is 1.15. The van der Waals surface area contributed by atoms with Gasteiger partial charge in [0.25, 0.3) is 10.1 Å². The van der Waals surface area contributed by atoms with Gasteiger partial charge in [-0.15, -0.1) is 0 Å². The predicted octanol–water partition coefficient (Wildman–Crippen LogP) is 1.62. The minimum Gasteiger partial charge on any atom is -0.362 e. The van der Waals surface area contributed by atoms with Gasteiger partial charge in [0.1, 0.15) is 5.75 Å². The molecular weight excluding hydrogens is 237 g/mol. The van der Waals surface area contributed by atoms with Gasteiger partial charge in [0.15, 0.2) is 6.10 Å². The smallest absolute Gasteiger partial charge is 0.362 e. The van der Waals surface area contributed by atoms with E-state index in [9.17, 15) is 21.6 Å². The largest absolute Gasteiger partial charge is 0.415 e. The summed E-state index contributed by atoms with van der Waals surface area (Å²) in [7, 11) is -4.72. The molecule has 0 rings (SSSR count). The van der Waals surface area contributed by atoms with Crippen LogP contribution in [0.1, 0.15) is 20.8 Å². The Hall–Kier alpha value is -0.340. The van der Waals surface area contributed by atoms with Crippen LogP contribution in [0.2, 0.25) is 0 Å². The number of rotatable bonds is 3. The zero-order valence-corrected chi connectivity index (χ0v) is 9.32. The summed E-state index contributed by atoms with van der Waals surface area (Å²) in [6.07, 6.45) is -7.35. The number of halogens is 3. The summed E-state index contributed by atoms with van der Waals surface area (Å²) < 4.78 is 70.4. The zero-order chi connectivity index (χ0) is 12.5. The van der Waals surface area contributed by atoms with Crippen LogP contribution in [0.3, 0.4) is 0 Å². The molecule has 0 aliphatic rings. The minimum atomic E-state index is -4.83. The van der Waals surface area contributed by atoms with Crippen LogP contribution in [-0.4, -0.2) is 36.6 Å². The van der Waals surface area contributed by atoms with Crippen LogP contribution < -0.4 is 0 Å². The van der Waals surface area contributed by atoms with Gasteiger partial charge in [-0.3, -0.25) is 4.55 Å². The molecule has 0 saturated heterocycles. The van der Waals surface area contributed by atoms with Gasteiger partial charge in [0.2, 0.25) is 0 Å². The Morgan fingerprint density at radius 1 is 1.27 bits per heavy atom. The van der Waals surface area contributed by atoms with E-state index >= 15 is 0 Å². The SMILES string of the molecule is CC(C)(C)OC(CS(=O)(=O)O)C(F)(F)F. The summed E-state index contributed by atoms with van der Waals surface area (Å²) >= 11 is 0. The topological polar surface area (TPSA) is 63.6 Å². The molecule has 15 heavy (non-hydrogen) atoms. The Balaban J connectivity index is 4.78. The van der Waals surface area contributed by atoms with Crippen LogP contribution >= 0.6 is 0 Å². The molecule has 4 nitrogen and oxygen atoms in total. The highest BCUT2D eigenvalue weighted by Crippen LogP contribution is 2.27. The number of ether oxygens (including phenoxy) is 1. The van der Waals surface area contributed by atoms with Gasteiger partial charge < -0.3 is 4.74 Å². The molecule has 0 radical (unpaired) electrons. The lowest BCUT2D eigenvalue weighted by molar-refractivity contribution is -0.237. The normalized spacial score (nSPS) is 16.5. The highest BCUT2D eigenvalue weighted by Gasteiger charge is 2.45. The second-order valence-electron chi connectivity index (χ2n) is 4.01. The summed E-state index contributed by atoms with van der Waals surface area (Å²) in [5, 5.41) is 0. The molecule has 8 heteroatoms. The van der Waals surface area contributed by atoms with Crippen molar-refractivity contribution < 1.29 is 30.9 Å². The molecule has 0 spiro atoms. The lowest BCUT2D eigenvalue weighted by Crippen LogP contribution is -2.42. The summed E-state index contributed by atoms with van der Waals surface area (Å²) in [5.74, 6) is -1.49. The summed E-state index contributed by atoms with van der Waals surface area (Å²) in [4.78, 5) is 0. The molecule has 0 fully saturated rings. The molecule has 0 aromatic carbocycles. The Morgan fingerprint density at radius 3 is 1.87 bits per heavy atom. The van der Waals surface area contributed by atoms with Crippen molar-refractivity contribution in [3.8, 4) is 0 Å². The summed E-state index contributed by atoms with van der Waals surface area (Å²) in [6, 6.07) is 0. The fourth-order valence-electron chi connectivity index (χ4n) is 0.813. The van der Waals surface area contributed by atoms with E-state index in [1.165, 1.54) is 20.8 Å². The van der Waals surface area contributed by atoms with Crippen molar-refractivity contribution in [2.24, 2.45) is 0 Å². The molecule has 0 saturated carbocycles. The van der Waals surface area contributed by atoms with E-state index in [0.717, 1.165) is 0 Å². The van der Waals surface area contributed by atoms with Crippen molar-refractivity contribution in [1.82, 2.24) is 0 Å². The lowest BCUT2D eigenvalue weighted by atomic mass is 10.2. The molecule has 0 aromatic rings. The molecule has 1 atom stereocenters. The third kappa shape index (κ3) is 7.57. The quantitative estimate of drug-likeness (QED) is 0.773. The maximum absolute atomic E-state index is 12.3. The standard InChI is InChI=1S/C7H13F3O4S/c1-6(2,3)14-5(7(8,9)10)4-15(11,12)13/h5H,4H2,1-3H3,(H,11,12,13). The van der Waals surface area contributed by atoms with Gasteiger partial charge in [0.05, 0.1) is 5.60 Å². The zero-order valence-electron chi connectivity index (χ0n) is 8.50. The van der Waals surface area contributed by atoms with E-state index in [4.69, 9.17) is 4.55 Å². The number of hydrogen-bond acceptors (Lipinski definition) is 3. The Morgan fingerprint density at radius 2 is 1.67 bits per heavy atom. The van der Waals surface area contributed by atoms with E-state index in [0.29, 0.717) is 0 Å². The second kappa shape index (κ2) is 4.26. The molecule has 0 aliphatic carbocycles. The maximum atomic E-state index is 12.3. The van der Waals surface area contributed by atoms with Crippen LogP contribution in [0, 0.1) is 0 Å². The van der Waals surface area contributed by atoms with E-state index in [1.54, 1.807) is 0 Å². The Kier molecular flexibility index (Phi) is 4.17. The Bertz CT molecular complexity index is 301. The van der Waals surface area contributed by atoms with Crippen LogP contribution in [0.4, 0.5) is 13.2 Å². The van der Waals surface area contributed by atoms with E-state index in [1.807, 2.05) is 0 Å². The van der Waals surface area contributed by atoms with E-state index < -0.39 is 33.8 Å².